The van der Waals surface area contributed by atoms with Gasteiger partial charge < -0.3 is 0 Å². The maximum atomic E-state index is 11.2. The summed E-state index contributed by atoms with van der Waals surface area (Å²) < 4.78 is 0. The van der Waals surface area contributed by atoms with Crippen molar-refractivity contribution in [2.24, 2.45) is 11.8 Å². The van der Waals surface area contributed by atoms with Crippen molar-refractivity contribution in [2.75, 3.05) is 0 Å². The lowest BCUT2D eigenvalue weighted by molar-refractivity contribution is -0.124. The van der Waals surface area contributed by atoms with E-state index in [1.807, 2.05) is 19.9 Å². The zero-order valence-corrected chi connectivity index (χ0v) is 7.42. The van der Waals surface area contributed by atoms with Gasteiger partial charge in [0.05, 0.1) is 6.07 Å². The second-order valence-electron chi connectivity index (χ2n) is 2.94. The summed E-state index contributed by atoms with van der Waals surface area (Å²) in [6.07, 6.45) is 1.90. The molecule has 0 radical (unpaired) electrons. The van der Waals surface area contributed by atoms with Crippen LogP contribution in [0.25, 0.3) is 0 Å². The van der Waals surface area contributed by atoms with E-state index >= 15 is 0 Å². The van der Waals surface area contributed by atoms with Gasteiger partial charge in [-0.25, -0.2) is 0 Å². The topological polar surface area (TPSA) is 40.9 Å². The van der Waals surface area contributed by atoms with Crippen molar-refractivity contribution < 1.29 is 4.79 Å². The Morgan fingerprint density at radius 2 is 2.09 bits per heavy atom. The van der Waals surface area contributed by atoms with E-state index in [-0.39, 0.29) is 11.7 Å². The molecule has 0 saturated carbocycles. The highest BCUT2D eigenvalue weighted by Gasteiger charge is 2.17. The Balaban J connectivity index is 3.94. The van der Waals surface area contributed by atoms with Crippen molar-refractivity contribution in [1.29, 1.82) is 5.26 Å². The largest absolute Gasteiger partial charge is 0.298 e. The zero-order valence-electron chi connectivity index (χ0n) is 7.42. The van der Waals surface area contributed by atoms with Crippen molar-refractivity contribution in [1.82, 2.24) is 0 Å². The lowest BCUT2D eigenvalue weighted by atomic mass is 9.93. The molecule has 62 valence electrons. The summed E-state index contributed by atoms with van der Waals surface area (Å²) in [4.78, 5) is 11.2. The van der Waals surface area contributed by atoms with Gasteiger partial charge in [0.15, 0.2) is 5.78 Å². The third-order valence-electron chi connectivity index (χ3n) is 1.83. The first-order chi connectivity index (χ1) is 5.13. The molecule has 2 unspecified atom stereocenters. The molecule has 2 atom stereocenters. The van der Waals surface area contributed by atoms with Gasteiger partial charge in [-0.15, -0.1) is 0 Å². The number of rotatable bonds is 4. The number of Topliss-reactive ketones (excluding diaryl/α,β-unsaturated/α-hetero) is 1. The van der Waals surface area contributed by atoms with Crippen LogP contribution in [0.15, 0.2) is 0 Å². The number of hydrogen-bond acceptors (Lipinski definition) is 2. The second-order valence-corrected chi connectivity index (χ2v) is 2.94. The quantitative estimate of drug-likeness (QED) is 0.621. The lowest BCUT2D eigenvalue weighted by Gasteiger charge is -2.09. The lowest BCUT2D eigenvalue weighted by Crippen LogP contribution is -2.17. The summed E-state index contributed by atoms with van der Waals surface area (Å²) in [5.74, 6) is -0.305. The molecule has 0 aliphatic carbocycles. The predicted molar refractivity (Wildman–Crippen MR) is 43.9 cm³/mol. The van der Waals surface area contributed by atoms with E-state index in [0.717, 1.165) is 12.8 Å². The maximum Gasteiger partial charge on any atom is 0.152 e. The predicted octanol–water partition coefficient (Wildman–Crippen LogP) is 2.15. The number of carbonyl (C=O) groups excluding carboxylic acids is 1. The van der Waals surface area contributed by atoms with Crippen molar-refractivity contribution in [2.45, 2.75) is 33.6 Å². The molecule has 0 aliphatic heterocycles. The summed E-state index contributed by atoms with van der Waals surface area (Å²) in [6.45, 7) is 5.59. The molecule has 0 heterocycles. The highest BCUT2D eigenvalue weighted by molar-refractivity contribution is 5.84. The Kier molecular flexibility index (Phi) is 4.52. The van der Waals surface area contributed by atoms with Gasteiger partial charge in [-0.2, -0.15) is 5.26 Å². The van der Waals surface area contributed by atoms with Crippen LogP contribution in [0, 0.1) is 23.2 Å². The SMILES string of the molecule is CCCC(C)C(=O)C(C)C#N. The molecule has 0 spiro atoms. The molecule has 0 N–H and O–H groups in total. The van der Waals surface area contributed by atoms with Crippen LogP contribution in [0.1, 0.15) is 33.6 Å². The summed E-state index contributed by atoms with van der Waals surface area (Å²) in [7, 11) is 0. The van der Waals surface area contributed by atoms with Crippen molar-refractivity contribution in [3.8, 4) is 6.07 Å². The third kappa shape index (κ3) is 3.18. The van der Waals surface area contributed by atoms with Crippen LogP contribution in [0.4, 0.5) is 0 Å². The number of carbonyl (C=O) groups is 1. The molecule has 0 rings (SSSR count). The minimum Gasteiger partial charge on any atom is -0.298 e. The third-order valence-corrected chi connectivity index (χ3v) is 1.83. The van der Waals surface area contributed by atoms with E-state index in [1.165, 1.54) is 0 Å². The fourth-order valence-corrected chi connectivity index (χ4v) is 1.07. The molecule has 0 saturated heterocycles. The van der Waals surface area contributed by atoms with Crippen LogP contribution in [-0.4, -0.2) is 5.78 Å². The van der Waals surface area contributed by atoms with Crippen LogP contribution in [0.2, 0.25) is 0 Å². The van der Waals surface area contributed by atoms with E-state index in [0.29, 0.717) is 0 Å². The van der Waals surface area contributed by atoms with Gasteiger partial charge in [0.1, 0.15) is 5.92 Å². The first kappa shape index (κ1) is 10.2. The van der Waals surface area contributed by atoms with E-state index < -0.39 is 5.92 Å². The minimum absolute atomic E-state index is 0.0506. The first-order valence-electron chi connectivity index (χ1n) is 4.06. The second kappa shape index (κ2) is 4.90. The molecule has 0 aromatic heterocycles. The summed E-state index contributed by atoms with van der Waals surface area (Å²) in [6, 6.07) is 1.95. The normalized spacial score (nSPS) is 15.1. The average molecular weight is 153 g/mol. The van der Waals surface area contributed by atoms with Crippen LogP contribution < -0.4 is 0 Å². The highest BCUT2D eigenvalue weighted by atomic mass is 16.1. The number of hydrogen-bond donors (Lipinski definition) is 0. The van der Waals surface area contributed by atoms with Gasteiger partial charge >= 0.3 is 0 Å². The van der Waals surface area contributed by atoms with Crippen molar-refractivity contribution in [3.05, 3.63) is 0 Å². The molecule has 0 bridgehead atoms. The van der Waals surface area contributed by atoms with Crippen LogP contribution >= 0.6 is 0 Å². The van der Waals surface area contributed by atoms with Gasteiger partial charge in [0, 0.05) is 5.92 Å². The number of ketones is 1. The Hall–Kier alpha value is -0.840. The molecule has 0 aromatic carbocycles. The van der Waals surface area contributed by atoms with Gasteiger partial charge in [-0.3, -0.25) is 4.79 Å². The molecule has 0 aromatic rings. The van der Waals surface area contributed by atoms with Gasteiger partial charge in [0.2, 0.25) is 0 Å². The van der Waals surface area contributed by atoms with Gasteiger partial charge in [-0.05, 0) is 13.3 Å². The smallest absolute Gasteiger partial charge is 0.152 e. The zero-order chi connectivity index (χ0) is 8.85. The fraction of sp³-hybridized carbons (Fsp3) is 0.778. The molecule has 0 aliphatic rings. The van der Waals surface area contributed by atoms with E-state index in [9.17, 15) is 4.79 Å². The van der Waals surface area contributed by atoms with Crippen LogP contribution in [-0.2, 0) is 4.79 Å². The molecular formula is C9H15NO. The maximum absolute atomic E-state index is 11.2. The Bertz CT molecular complexity index is 169. The van der Waals surface area contributed by atoms with E-state index in [4.69, 9.17) is 5.26 Å². The molecular weight excluding hydrogens is 138 g/mol. The Morgan fingerprint density at radius 3 is 2.45 bits per heavy atom. The monoisotopic (exact) mass is 153 g/mol. The van der Waals surface area contributed by atoms with Gasteiger partial charge in [0.25, 0.3) is 0 Å². The standard InChI is InChI=1S/C9H15NO/c1-4-5-7(2)9(11)8(3)6-10/h7-8H,4-5H2,1-3H3. The summed E-state index contributed by atoms with van der Waals surface area (Å²) >= 11 is 0. The Labute approximate surface area is 68.2 Å². The number of nitriles is 1. The van der Waals surface area contributed by atoms with E-state index in [1.54, 1.807) is 6.92 Å². The molecule has 2 nitrogen and oxygen atoms in total. The van der Waals surface area contributed by atoms with E-state index in [2.05, 4.69) is 0 Å². The van der Waals surface area contributed by atoms with Crippen molar-refractivity contribution >= 4 is 5.78 Å². The first-order valence-corrected chi connectivity index (χ1v) is 4.06. The summed E-state index contributed by atoms with van der Waals surface area (Å²) in [5, 5.41) is 8.45. The van der Waals surface area contributed by atoms with Crippen LogP contribution in [0.5, 0.6) is 0 Å². The molecule has 2 heteroatoms. The highest BCUT2D eigenvalue weighted by Crippen LogP contribution is 2.11. The Morgan fingerprint density at radius 1 is 1.55 bits per heavy atom. The van der Waals surface area contributed by atoms with Gasteiger partial charge in [-0.1, -0.05) is 20.3 Å². The molecule has 0 amide bonds. The average Bonchev–Trinajstić information content (AvgIpc) is 2.02. The molecule has 0 fully saturated rings. The fourth-order valence-electron chi connectivity index (χ4n) is 1.07. The van der Waals surface area contributed by atoms with Crippen LogP contribution in [0.3, 0.4) is 0 Å². The molecule has 11 heavy (non-hydrogen) atoms. The summed E-state index contributed by atoms with van der Waals surface area (Å²) in [5.41, 5.74) is 0. The van der Waals surface area contributed by atoms with Crippen molar-refractivity contribution in [3.63, 3.8) is 0 Å². The number of nitrogens with zero attached hydrogens (tertiary/aromatic N) is 1. The minimum atomic E-state index is -0.434.